The topological polar surface area (TPSA) is 41.5 Å². The summed E-state index contributed by atoms with van der Waals surface area (Å²) in [4.78, 5) is 14.2. The monoisotopic (exact) mass is 354 g/mol. The van der Waals surface area contributed by atoms with Crippen LogP contribution in [0.2, 0.25) is 0 Å². The van der Waals surface area contributed by atoms with E-state index in [1.807, 2.05) is 0 Å². The molecule has 0 saturated carbocycles. The predicted octanol–water partition coefficient (Wildman–Crippen LogP) is 3.28. The Morgan fingerprint density at radius 2 is 1.88 bits per heavy atom. The molecule has 0 bridgehead atoms. The smallest absolute Gasteiger partial charge is 0.132 e. The van der Waals surface area contributed by atoms with Crippen LogP contribution in [-0.4, -0.2) is 55.2 Å². The fraction of sp³-hybridized carbons (Fsp3) is 0.524. The molecule has 2 heterocycles. The summed E-state index contributed by atoms with van der Waals surface area (Å²) in [5, 5.41) is 0. The van der Waals surface area contributed by atoms with Crippen molar-refractivity contribution in [3.63, 3.8) is 0 Å². The molecule has 0 N–H and O–H groups in total. The van der Waals surface area contributed by atoms with Crippen molar-refractivity contribution in [1.29, 1.82) is 0 Å². The van der Waals surface area contributed by atoms with Gasteiger partial charge in [-0.2, -0.15) is 0 Å². The summed E-state index contributed by atoms with van der Waals surface area (Å²) in [6.45, 7) is 6.18. The summed E-state index contributed by atoms with van der Waals surface area (Å²) < 4.78 is 5.31. The third-order valence-corrected chi connectivity index (χ3v) is 5.18. The van der Waals surface area contributed by atoms with E-state index in [1.165, 1.54) is 5.56 Å². The first-order valence-electron chi connectivity index (χ1n) is 9.41. The molecule has 0 unspecified atom stereocenters. The van der Waals surface area contributed by atoms with Gasteiger partial charge in [0, 0.05) is 43.2 Å². The fourth-order valence-electron chi connectivity index (χ4n) is 3.79. The van der Waals surface area contributed by atoms with Crippen molar-refractivity contribution in [3.8, 4) is 5.75 Å². The number of rotatable bonds is 6. The van der Waals surface area contributed by atoms with E-state index in [0.29, 0.717) is 12.0 Å². The summed E-state index contributed by atoms with van der Waals surface area (Å²) in [7, 11) is 6.04. The van der Waals surface area contributed by atoms with Crippen molar-refractivity contribution in [2.24, 2.45) is 0 Å². The van der Waals surface area contributed by atoms with Crippen LogP contribution in [0.5, 0.6) is 5.75 Å². The molecule has 1 aromatic heterocycles. The molecule has 1 saturated heterocycles. The van der Waals surface area contributed by atoms with Gasteiger partial charge in [-0.3, -0.25) is 0 Å². The average Bonchev–Trinajstić information content (AvgIpc) is 3.07. The number of nitrogens with zero attached hydrogens (tertiary/aromatic N) is 4. The van der Waals surface area contributed by atoms with Gasteiger partial charge in [-0.05, 0) is 45.1 Å². The van der Waals surface area contributed by atoms with Gasteiger partial charge in [0.25, 0.3) is 0 Å². The Hall–Kier alpha value is -2.14. The number of ether oxygens (including phenoxy) is 1. The summed E-state index contributed by atoms with van der Waals surface area (Å²) in [5.74, 6) is 3.36. The number of aromatic nitrogens is 2. The molecule has 140 valence electrons. The maximum absolute atomic E-state index is 5.31. The van der Waals surface area contributed by atoms with E-state index in [2.05, 4.69) is 73.1 Å². The highest BCUT2D eigenvalue weighted by atomic mass is 16.5. The number of methoxy groups -OCH3 is 1. The second-order valence-electron chi connectivity index (χ2n) is 7.35. The van der Waals surface area contributed by atoms with Crippen LogP contribution in [0.3, 0.4) is 0 Å². The van der Waals surface area contributed by atoms with Crippen LogP contribution in [0.4, 0.5) is 5.82 Å². The lowest BCUT2D eigenvalue weighted by Gasteiger charge is -2.25. The molecular formula is C21H30N4O. The van der Waals surface area contributed by atoms with Crippen LogP contribution < -0.4 is 9.64 Å². The number of aryl methyl sites for hydroxylation is 2. The van der Waals surface area contributed by atoms with E-state index in [9.17, 15) is 0 Å². The van der Waals surface area contributed by atoms with Crippen molar-refractivity contribution < 1.29 is 4.74 Å². The van der Waals surface area contributed by atoms with Gasteiger partial charge in [0.15, 0.2) is 0 Å². The molecule has 1 aliphatic heterocycles. The molecule has 26 heavy (non-hydrogen) atoms. The minimum atomic E-state index is 0.445. The van der Waals surface area contributed by atoms with E-state index in [1.54, 1.807) is 7.11 Å². The van der Waals surface area contributed by atoms with E-state index >= 15 is 0 Å². The minimum absolute atomic E-state index is 0.445. The van der Waals surface area contributed by atoms with Gasteiger partial charge < -0.3 is 14.5 Å². The Kier molecular flexibility index (Phi) is 5.77. The van der Waals surface area contributed by atoms with Gasteiger partial charge in [-0.1, -0.05) is 19.1 Å². The zero-order valence-electron chi connectivity index (χ0n) is 16.6. The van der Waals surface area contributed by atoms with Crippen molar-refractivity contribution >= 4 is 5.82 Å². The van der Waals surface area contributed by atoms with Gasteiger partial charge in [0.05, 0.1) is 7.11 Å². The second kappa shape index (κ2) is 8.04. The quantitative estimate of drug-likeness (QED) is 0.796. The van der Waals surface area contributed by atoms with Crippen molar-refractivity contribution in [3.05, 3.63) is 47.4 Å². The van der Waals surface area contributed by atoms with E-state index < -0.39 is 0 Å². The Morgan fingerprint density at radius 3 is 2.50 bits per heavy atom. The molecule has 0 amide bonds. The van der Waals surface area contributed by atoms with Crippen LogP contribution in [0, 0.1) is 6.92 Å². The molecule has 5 nitrogen and oxygen atoms in total. The SMILES string of the molecule is CCCc1nc(C)cc(N2C[C@@H](N(C)C)[C@H](c3ccc(OC)cc3)C2)n1. The first-order chi connectivity index (χ1) is 12.5. The van der Waals surface area contributed by atoms with Gasteiger partial charge >= 0.3 is 0 Å². The average molecular weight is 354 g/mol. The maximum Gasteiger partial charge on any atom is 0.132 e. The largest absolute Gasteiger partial charge is 0.497 e. The van der Waals surface area contributed by atoms with E-state index in [4.69, 9.17) is 9.72 Å². The Bertz CT molecular complexity index is 729. The summed E-state index contributed by atoms with van der Waals surface area (Å²) in [6.07, 6.45) is 2.00. The van der Waals surface area contributed by atoms with Gasteiger partial charge in [0.2, 0.25) is 0 Å². The molecule has 2 atom stereocenters. The summed E-state index contributed by atoms with van der Waals surface area (Å²) in [6, 6.07) is 11.1. The lowest BCUT2D eigenvalue weighted by Crippen LogP contribution is -2.34. The molecule has 1 fully saturated rings. The van der Waals surface area contributed by atoms with Crippen molar-refractivity contribution in [2.45, 2.75) is 38.6 Å². The first kappa shape index (κ1) is 18.6. The van der Waals surface area contributed by atoms with Crippen LogP contribution in [-0.2, 0) is 6.42 Å². The molecule has 5 heteroatoms. The number of hydrogen-bond donors (Lipinski definition) is 0. The Morgan fingerprint density at radius 1 is 1.15 bits per heavy atom. The van der Waals surface area contributed by atoms with Gasteiger partial charge in [-0.15, -0.1) is 0 Å². The molecule has 0 aliphatic carbocycles. The van der Waals surface area contributed by atoms with Crippen LogP contribution in [0.1, 0.15) is 36.3 Å². The van der Waals surface area contributed by atoms with Gasteiger partial charge in [-0.25, -0.2) is 9.97 Å². The van der Waals surface area contributed by atoms with Crippen LogP contribution in [0.15, 0.2) is 30.3 Å². The number of likely N-dealkylation sites (N-methyl/N-ethyl adjacent to an activating group) is 1. The number of anilines is 1. The number of hydrogen-bond acceptors (Lipinski definition) is 5. The highest BCUT2D eigenvalue weighted by Crippen LogP contribution is 2.33. The molecular weight excluding hydrogens is 324 g/mol. The van der Waals surface area contributed by atoms with Crippen molar-refractivity contribution in [2.75, 3.05) is 39.2 Å². The Labute approximate surface area is 157 Å². The van der Waals surface area contributed by atoms with Crippen LogP contribution in [0.25, 0.3) is 0 Å². The molecule has 3 rings (SSSR count). The molecule has 2 aromatic rings. The fourth-order valence-corrected chi connectivity index (χ4v) is 3.79. The normalized spacial score (nSPS) is 20.0. The highest BCUT2D eigenvalue weighted by Gasteiger charge is 2.36. The standard InChI is InChI=1S/C21H30N4O/c1-6-7-20-22-15(2)12-21(23-20)25-13-18(19(14-25)24(3)4)16-8-10-17(26-5)11-9-16/h8-12,18-19H,6-7,13-14H2,1-5H3/t18-,19+/m0/s1. The highest BCUT2D eigenvalue weighted by molar-refractivity contribution is 5.45. The maximum atomic E-state index is 5.31. The van der Waals surface area contributed by atoms with E-state index in [-0.39, 0.29) is 0 Å². The van der Waals surface area contributed by atoms with Crippen LogP contribution >= 0.6 is 0 Å². The third kappa shape index (κ3) is 3.98. The molecule has 0 spiro atoms. The minimum Gasteiger partial charge on any atom is -0.497 e. The molecule has 1 aliphatic rings. The zero-order chi connectivity index (χ0) is 18.7. The summed E-state index contributed by atoms with van der Waals surface area (Å²) in [5.41, 5.74) is 2.40. The number of benzene rings is 1. The molecule has 1 aromatic carbocycles. The first-order valence-corrected chi connectivity index (χ1v) is 9.41. The summed E-state index contributed by atoms with van der Waals surface area (Å²) >= 11 is 0. The lowest BCUT2D eigenvalue weighted by molar-refractivity contribution is 0.292. The van der Waals surface area contributed by atoms with Gasteiger partial charge in [0.1, 0.15) is 17.4 Å². The second-order valence-corrected chi connectivity index (χ2v) is 7.35. The Balaban J connectivity index is 1.87. The van der Waals surface area contributed by atoms with E-state index in [0.717, 1.165) is 49.0 Å². The third-order valence-electron chi connectivity index (χ3n) is 5.18. The van der Waals surface area contributed by atoms with Crippen molar-refractivity contribution in [1.82, 2.24) is 14.9 Å². The zero-order valence-corrected chi connectivity index (χ0v) is 16.6. The lowest BCUT2D eigenvalue weighted by atomic mass is 9.93. The predicted molar refractivity (Wildman–Crippen MR) is 106 cm³/mol. The molecule has 0 radical (unpaired) electrons.